The fourth-order valence-corrected chi connectivity index (χ4v) is 3.84. The summed E-state index contributed by atoms with van der Waals surface area (Å²) in [6.07, 6.45) is 2.04. The van der Waals surface area contributed by atoms with Crippen LogP contribution in [0.3, 0.4) is 0 Å². The highest BCUT2D eigenvalue weighted by atomic mass is 35.5. The van der Waals surface area contributed by atoms with Crippen molar-refractivity contribution < 1.29 is 18.3 Å². The summed E-state index contributed by atoms with van der Waals surface area (Å²) >= 11 is 5.96. The van der Waals surface area contributed by atoms with Crippen molar-refractivity contribution in [3.8, 4) is 5.75 Å². The molecule has 0 N–H and O–H groups in total. The van der Waals surface area contributed by atoms with Gasteiger partial charge in [-0.3, -0.25) is 14.4 Å². The number of nitrogens with zero attached hydrogens (tertiary/aromatic N) is 4. The Balaban J connectivity index is 1.29. The van der Waals surface area contributed by atoms with Crippen LogP contribution in [0.2, 0.25) is 5.02 Å². The van der Waals surface area contributed by atoms with Gasteiger partial charge in [0.15, 0.2) is 5.76 Å². The van der Waals surface area contributed by atoms with Gasteiger partial charge in [-0.25, -0.2) is 4.39 Å². The molecule has 1 amide bonds. The molecule has 0 atom stereocenters. The number of halogens is 2. The Bertz CT molecular complexity index is 1070. The third-order valence-corrected chi connectivity index (χ3v) is 5.60. The summed E-state index contributed by atoms with van der Waals surface area (Å²) in [5.41, 5.74) is 2.24. The minimum Gasteiger partial charge on any atom is -0.484 e. The third-order valence-electron chi connectivity index (χ3n) is 5.30. The van der Waals surface area contributed by atoms with Gasteiger partial charge in [0.25, 0.3) is 5.91 Å². The van der Waals surface area contributed by atoms with Crippen molar-refractivity contribution in [2.75, 3.05) is 26.2 Å². The van der Waals surface area contributed by atoms with Gasteiger partial charge in [0.2, 0.25) is 0 Å². The number of hydrogen-bond donors (Lipinski definition) is 0. The first-order valence-corrected chi connectivity index (χ1v) is 10.4. The van der Waals surface area contributed by atoms with E-state index in [1.165, 1.54) is 23.8 Å². The highest BCUT2D eigenvalue weighted by Gasteiger charge is 2.25. The van der Waals surface area contributed by atoms with Crippen LogP contribution >= 0.6 is 11.6 Å². The smallest absolute Gasteiger partial charge is 0.289 e. The zero-order valence-electron chi connectivity index (χ0n) is 17.5. The summed E-state index contributed by atoms with van der Waals surface area (Å²) in [5.74, 6) is 0.560. The molecule has 2 aromatic heterocycles. The predicted octanol–water partition coefficient (Wildman–Crippen LogP) is 3.65. The molecule has 1 aliphatic rings. The zero-order valence-corrected chi connectivity index (χ0v) is 18.2. The first-order valence-electron chi connectivity index (χ1n) is 10.1. The van der Waals surface area contributed by atoms with Crippen LogP contribution in [-0.2, 0) is 20.2 Å². The molecule has 0 bridgehead atoms. The van der Waals surface area contributed by atoms with Crippen LogP contribution in [-0.4, -0.2) is 51.7 Å². The predicted molar refractivity (Wildman–Crippen MR) is 114 cm³/mol. The van der Waals surface area contributed by atoms with Gasteiger partial charge in [-0.2, -0.15) is 5.10 Å². The monoisotopic (exact) mass is 446 g/mol. The number of aryl methyl sites for hydroxylation is 2. The molecule has 4 rings (SSSR count). The van der Waals surface area contributed by atoms with Crippen molar-refractivity contribution in [1.29, 1.82) is 0 Å². The molecule has 1 saturated heterocycles. The molecular weight excluding hydrogens is 423 g/mol. The van der Waals surface area contributed by atoms with Crippen molar-refractivity contribution >= 4 is 17.5 Å². The average molecular weight is 447 g/mol. The Hall–Kier alpha value is -2.84. The van der Waals surface area contributed by atoms with Crippen LogP contribution in [0.5, 0.6) is 5.75 Å². The SMILES string of the molecule is Cc1nn(C)cc1CN1CCN(C(=O)c2ccc(COc3ccc(F)cc3Cl)o2)CC1. The maximum atomic E-state index is 13.1. The van der Waals surface area contributed by atoms with Crippen molar-refractivity contribution in [3.05, 3.63) is 70.1 Å². The number of benzene rings is 1. The Morgan fingerprint density at radius 3 is 2.68 bits per heavy atom. The summed E-state index contributed by atoms with van der Waals surface area (Å²) in [4.78, 5) is 16.9. The molecule has 0 aliphatic carbocycles. The number of ether oxygens (including phenoxy) is 1. The summed E-state index contributed by atoms with van der Waals surface area (Å²) < 4.78 is 26.2. The van der Waals surface area contributed by atoms with E-state index >= 15 is 0 Å². The van der Waals surface area contributed by atoms with Crippen LogP contribution in [0.4, 0.5) is 4.39 Å². The van der Waals surface area contributed by atoms with Crippen LogP contribution in [0, 0.1) is 12.7 Å². The second kappa shape index (κ2) is 9.11. The van der Waals surface area contributed by atoms with Crippen molar-refractivity contribution in [2.24, 2.45) is 7.05 Å². The summed E-state index contributed by atoms with van der Waals surface area (Å²) in [6, 6.07) is 7.26. The number of furan rings is 1. The highest BCUT2D eigenvalue weighted by molar-refractivity contribution is 6.32. The molecule has 31 heavy (non-hydrogen) atoms. The lowest BCUT2D eigenvalue weighted by Gasteiger charge is -2.34. The Labute approximate surface area is 184 Å². The summed E-state index contributed by atoms with van der Waals surface area (Å²) in [7, 11) is 1.92. The number of carbonyl (C=O) groups is 1. The Morgan fingerprint density at radius 1 is 1.23 bits per heavy atom. The highest BCUT2D eigenvalue weighted by Crippen LogP contribution is 2.26. The molecule has 1 fully saturated rings. The van der Waals surface area contributed by atoms with E-state index in [0.717, 1.165) is 25.3 Å². The van der Waals surface area contributed by atoms with Crippen LogP contribution in [0.25, 0.3) is 0 Å². The van der Waals surface area contributed by atoms with Crippen molar-refractivity contribution in [3.63, 3.8) is 0 Å². The van der Waals surface area contributed by atoms with E-state index in [4.69, 9.17) is 20.8 Å². The fourth-order valence-electron chi connectivity index (χ4n) is 3.62. The molecule has 3 heterocycles. The van der Waals surface area contributed by atoms with E-state index in [2.05, 4.69) is 10.00 Å². The Morgan fingerprint density at radius 2 is 2.00 bits per heavy atom. The molecule has 9 heteroatoms. The number of piperazine rings is 1. The lowest BCUT2D eigenvalue weighted by Crippen LogP contribution is -2.48. The number of carbonyl (C=O) groups excluding carboxylic acids is 1. The number of amides is 1. The van der Waals surface area contributed by atoms with Crippen LogP contribution in [0.1, 0.15) is 27.6 Å². The summed E-state index contributed by atoms with van der Waals surface area (Å²) in [5, 5.41) is 4.57. The fraction of sp³-hybridized carbons (Fsp3) is 0.364. The first kappa shape index (κ1) is 21.4. The Kier molecular flexibility index (Phi) is 6.29. The van der Waals surface area contributed by atoms with Gasteiger partial charge in [-0.05, 0) is 37.3 Å². The van der Waals surface area contributed by atoms with Gasteiger partial charge in [0.1, 0.15) is 23.9 Å². The normalized spacial score (nSPS) is 14.8. The lowest BCUT2D eigenvalue weighted by molar-refractivity contribution is 0.0594. The molecule has 1 aromatic carbocycles. The molecule has 0 unspecified atom stereocenters. The minimum atomic E-state index is -0.432. The van der Waals surface area contributed by atoms with Crippen LogP contribution < -0.4 is 4.74 Å². The van der Waals surface area contributed by atoms with E-state index in [0.29, 0.717) is 24.6 Å². The largest absolute Gasteiger partial charge is 0.484 e. The number of aromatic nitrogens is 2. The second-order valence-electron chi connectivity index (χ2n) is 7.61. The van der Waals surface area contributed by atoms with Gasteiger partial charge in [-0.15, -0.1) is 0 Å². The van der Waals surface area contributed by atoms with Crippen LogP contribution in [0.15, 0.2) is 40.9 Å². The van der Waals surface area contributed by atoms with Gasteiger partial charge in [0.05, 0.1) is 10.7 Å². The quantitative estimate of drug-likeness (QED) is 0.578. The molecule has 7 nitrogen and oxygen atoms in total. The van der Waals surface area contributed by atoms with Crippen molar-refractivity contribution in [1.82, 2.24) is 19.6 Å². The van der Waals surface area contributed by atoms with E-state index in [1.54, 1.807) is 17.0 Å². The maximum Gasteiger partial charge on any atom is 0.289 e. The maximum absolute atomic E-state index is 13.1. The van der Waals surface area contributed by atoms with Gasteiger partial charge >= 0.3 is 0 Å². The van der Waals surface area contributed by atoms with Gasteiger partial charge < -0.3 is 14.1 Å². The van der Waals surface area contributed by atoms with E-state index < -0.39 is 5.82 Å². The molecule has 0 radical (unpaired) electrons. The van der Waals surface area contributed by atoms with E-state index in [1.807, 2.05) is 24.9 Å². The summed E-state index contributed by atoms with van der Waals surface area (Å²) in [6.45, 7) is 5.79. The van der Waals surface area contributed by atoms with Gasteiger partial charge in [0, 0.05) is 51.5 Å². The van der Waals surface area contributed by atoms with Gasteiger partial charge in [-0.1, -0.05) is 11.6 Å². The average Bonchev–Trinajstić information content (AvgIpc) is 3.33. The standard InChI is InChI=1S/C22H24ClFN4O3/c1-15-16(12-26(2)25-15)13-27-7-9-28(10-8-27)22(29)21-6-4-18(31-21)14-30-20-5-3-17(24)11-19(20)23/h3-6,11-12H,7-10,13-14H2,1-2H3. The minimum absolute atomic E-state index is 0.0941. The first-order chi connectivity index (χ1) is 14.9. The molecule has 164 valence electrons. The number of hydrogen-bond acceptors (Lipinski definition) is 5. The second-order valence-corrected chi connectivity index (χ2v) is 8.02. The van der Waals surface area contributed by atoms with Crippen molar-refractivity contribution in [2.45, 2.75) is 20.1 Å². The third kappa shape index (κ3) is 5.08. The zero-order chi connectivity index (χ0) is 22.0. The topological polar surface area (TPSA) is 63.7 Å². The molecule has 1 aliphatic heterocycles. The lowest BCUT2D eigenvalue weighted by atomic mass is 10.2. The van der Waals surface area contributed by atoms with E-state index in [9.17, 15) is 9.18 Å². The van der Waals surface area contributed by atoms with E-state index in [-0.39, 0.29) is 23.3 Å². The molecule has 0 saturated carbocycles. The molecule has 0 spiro atoms. The number of rotatable bonds is 6. The molecule has 3 aromatic rings. The molecular formula is C22H24ClFN4O3.